The Morgan fingerprint density at radius 1 is 1.53 bits per heavy atom. The Morgan fingerprint density at radius 2 is 2.13 bits per heavy atom. The molecular formula is C9H21N2OPS2. The number of nitrogens with one attached hydrogen (secondary N) is 1. The van der Waals surface area contributed by atoms with Crippen molar-refractivity contribution in [3.8, 4) is 0 Å². The van der Waals surface area contributed by atoms with E-state index in [0.29, 0.717) is 11.3 Å². The second kappa shape index (κ2) is 7.66. The Bertz CT molecular complexity index is 246. The first-order chi connectivity index (χ1) is 6.93. The van der Waals surface area contributed by atoms with E-state index in [1.165, 1.54) is 0 Å². The van der Waals surface area contributed by atoms with Gasteiger partial charge < -0.3 is 9.61 Å². The Hall–Kier alpha value is 0.430. The molecule has 0 saturated carbocycles. The maximum absolute atomic E-state index is 5.42. The van der Waals surface area contributed by atoms with Gasteiger partial charge in [-0.2, -0.15) is 0 Å². The summed E-state index contributed by atoms with van der Waals surface area (Å²) in [5.41, 5.74) is -1.97. The van der Waals surface area contributed by atoms with Crippen LogP contribution in [0.25, 0.3) is 0 Å². The van der Waals surface area contributed by atoms with Crippen LogP contribution in [0.4, 0.5) is 0 Å². The molecule has 0 bridgehead atoms. The molecule has 0 amide bonds. The fourth-order valence-electron chi connectivity index (χ4n) is 0.740. The Balaban J connectivity index is 4.21. The zero-order valence-electron chi connectivity index (χ0n) is 10.1. The molecule has 0 spiro atoms. The smallest absolute Gasteiger partial charge is 0.211 e. The zero-order chi connectivity index (χ0) is 11.9. The third-order valence-electron chi connectivity index (χ3n) is 1.73. The van der Waals surface area contributed by atoms with Crippen molar-refractivity contribution in [3.63, 3.8) is 0 Å². The lowest BCUT2D eigenvalue weighted by molar-refractivity contribution is 0.467. The summed E-state index contributed by atoms with van der Waals surface area (Å²) in [6.07, 6.45) is 2.74. The van der Waals surface area contributed by atoms with Crippen LogP contribution >= 0.6 is 17.0 Å². The minimum absolute atomic E-state index is 0.335. The molecule has 0 aliphatic rings. The molecule has 90 valence electrons. The van der Waals surface area contributed by atoms with Crippen LogP contribution in [0.2, 0.25) is 0 Å². The van der Waals surface area contributed by atoms with Crippen LogP contribution in [0.15, 0.2) is 4.99 Å². The largest absolute Gasteiger partial charge is 0.330 e. The van der Waals surface area contributed by atoms with Gasteiger partial charge in [0.15, 0.2) is 0 Å². The minimum atomic E-state index is -1.97. The minimum Gasteiger partial charge on any atom is -0.330 e. The van der Waals surface area contributed by atoms with Gasteiger partial charge in [-0.1, -0.05) is 32.2 Å². The highest BCUT2D eigenvalue weighted by Gasteiger charge is 2.17. The molecule has 1 N–H and O–H groups in total. The lowest BCUT2D eigenvalue weighted by Crippen LogP contribution is -2.10. The molecule has 2 unspecified atom stereocenters. The molecule has 0 fully saturated rings. The van der Waals surface area contributed by atoms with E-state index < -0.39 is 5.62 Å². The summed E-state index contributed by atoms with van der Waals surface area (Å²) >= 11 is 7.08. The van der Waals surface area contributed by atoms with Crippen LogP contribution in [-0.4, -0.2) is 24.7 Å². The van der Waals surface area contributed by atoms with Gasteiger partial charge in [-0.3, -0.25) is 4.99 Å². The molecule has 0 heterocycles. The lowest BCUT2D eigenvalue weighted by atomic mass is 10.3. The van der Waals surface area contributed by atoms with Crippen LogP contribution in [0, 0.1) is 0 Å². The van der Waals surface area contributed by atoms with Crippen LogP contribution in [0.1, 0.15) is 34.1 Å². The molecule has 0 aromatic heterocycles. The fourth-order valence-corrected chi connectivity index (χ4v) is 5.69. The predicted octanol–water partition coefficient (Wildman–Crippen LogP) is 3.42. The molecule has 6 heteroatoms. The fraction of sp³-hybridized carbons (Fsp3) is 0.889. The zero-order valence-corrected chi connectivity index (χ0v) is 12.6. The molecule has 0 aliphatic heterocycles. The summed E-state index contributed by atoms with van der Waals surface area (Å²) in [4.78, 5) is 4.31. The van der Waals surface area contributed by atoms with Gasteiger partial charge in [-0.15, -0.1) is 0 Å². The highest BCUT2D eigenvalue weighted by atomic mass is 32.9. The molecule has 15 heavy (non-hydrogen) atoms. The van der Waals surface area contributed by atoms with Crippen molar-refractivity contribution in [2.75, 3.05) is 7.11 Å². The summed E-state index contributed by atoms with van der Waals surface area (Å²) in [6, 6.07) is 0.335. The standard InChI is InChI=1S/C9H21N2OPS2/c1-6-9(4)10-7-11-13(14,12-5)15-8(2)3/h7-9H,6H2,1-5H3,(H,10,11,14). The molecule has 0 radical (unpaired) electrons. The van der Waals surface area contributed by atoms with Crippen molar-refractivity contribution >= 4 is 35.1 Å². The van der Waals surface area contributed by atoms with Crippen molar-refractivity contribution in [2.24, 2.45) is 4.99 Å². The van der Waals surface area contributed by atoms with Gasteiger partial charge >= 0.3 is 0 Å². The molecule has 0 aliphatic carbocycles. The first-order valence-corrected chi connectivity index (χ1v) is 9.27. The molecule has 3 nitrogen and oxygen atoms in total. The number of hydrogen-bond acceptors (Lipinski definition) is 4. The van der Waals surface area contributed by atoms with E-state index in [2.05, 4.69) is 37.8 Å². The second-order valence-corrected chi connectivity index (χ2v) is 10.7. The third-order valence-corrected chi connectivity index (χ3v) is 7.74. The topological polar surface area (TPSA) is 33.6 Å². The third kappa shape index (κ3) is 7.34. The van der Waals surface area contributed by atoms with E-state index in [9.17, 15) is 0 Å². The van der Waals surface area contributed by atoms with Gasteiger partial charge in [0, 0.05) is 18.4 Å². The van der Waals surface area contributed by atoms with E-state index in [-0.39, 0.29) is 0 Å². The van der Waals surface area contributed by atoms with Gasteiger partial charge in [0.25, 0.3) is 0 Å². The second-order valence-electron chi connectivity index (χ2n) is 3.50. The summed E-state index contributed by atoms with van der Waals surface area (Å²) in [5.74, 6) is 0. The summed E-state index contributed by atoms with van der Waals surface area (Å²) in [6.45, 7) is 8.40. The maximum Gasteiger partial charge on any atom is 0.211 e. The summed E-state index contributed by atoms with van der Waals surface area (Å²) in [7, 11) is 1.65. The van der Waals surface area contributed by atoms with Crippen LogP contribution in [-0.2, 0) is 16.3 Å². The van der Waals surface area contributed by atoms with E-state index in [4.69, 9.17) is 16.3 Å². The number of hydrogen-bond donors (Lipinski definition) is 1. The van der Waals surface area contributed by atoms with Crippen molar-refractivity contribution < 1.29 is 4.52 Å². The first kappa shape index (κ1) is 15.4. The Morgan fingerprint density at radius 3 is 2.53 bits per heavy atom. The van der Waals surface area contributed by atoms with Crippen molar-refractivity contribution in [1.82, 2.24) is 5.09 Å². The summed E-state index contributed by atoms with van der Waals surface area (Å²) < 4.78 is 5.35. The first-order valence-electron chi connectivity index (χ1n) is 5.07. The number of nitrogens with zero attached hydrogens (tertiary/aromatic N) is 1. The van der Waals surface area contributed by atoms with Gasteiger partial charge in [0.1, 0.15) is 0 Å². The van der Waals surface area contributed by atoms with Gasteiger partial charge in [0.05, 0.1) is 6.34 Å². The molecule has 0 saturated heterocycles. The molecule has 0 rings (SSSR count). The molecule has 0 aromatic rings. The van der Waals surface area contributed by atoms with E-state index >= 15 is 0 Å². The lowest BCUT2D eigenvalue weighted by Gasteiger charge is -2.20. The van der Waals surface area contributed by atoms with Gasteiger partial charge in [0.2, 0.25) is 5.62 Å². The average molecular weight is 268 g/mol. The maximum atomic E-state index is 5.42. The normalized spacial score (nSPS) is 18.0. The molecule has 2 atom stereocenters. The van der Waals surface area contributed by atoms with Gasteiger partial charge in [-0.25, -0.2) is 0 Å². The average Bonchev–Trinajstić information content (AvgIpc) is 2.16. The Labute approximate surface area is 102 Å². The quantitative estimate of drug-likeness (QED) is 0.436. The SMILES string of the molecule is CCC(C)N=CNP(=S)(OC)SC(C)C. The molecular weight excluding hydrogens is 247 g/mol. The highest BCUT2D eigenvalue weighted by Crippen LogP contribution is 2.56. The molecule has 0 aromatic carbocycles. The van der Waals surface area contributed by atoms with Crippen LogP contribution in [0.3, 0.4) is 0 Å². The number of aliphatic imine (C=N–C) groups is 1. The van der Waals surface area contributed by atoms with Crippen LogP contribution < -0.4 is 5.09 Å². The summed E-state index contributed by atoms with van der Waals surface area (Å²) in [5, 5.41) is 3.58. The Kier molecular flexibility index (Phi) is 7.88. The van der Waals surface area contributed by atoms with Gasteiger partial charge in [-0.05, 0) is 25.2 Å². The highest BCUT2D eigenvalue weighted by molar-refractivity contribution is 8.69. The van der Waals surface area contributed by atoms with Crippen molar-refractivity contribution in [3.05, 3.63) is 0 Å². The monoisotopic (exact) mass is 268 g/mol. The van der Waals surface area contributed by atoms with Crippen molar-refractivity contribution in [2.45, 2.75) is 45.4 Å². The predicted molar refractivity (Wildman–Crippen MR) is 75.4 cm³/mol. The van der Waals surface area contributed by atoms with E-state index in [0.717, 1.165) is 6.42 Å². The van der Waals surface area contributed by atoms with E-state index in [1.807, 2.05) is 0 Å². The van der Waals surface area contributed by atoms with Crippen molar-refractivity contribution in [1.29, 1.82) is 0 Å². The van der Waals surface area contributed by atoms with Crippen LogP contribution in [0.5, 0.6) is 0 Å². The number of rotatable bonds is 7. The van der Waals surface area contributed by atoms with E-state index in [1.54, 1.807) is 24.8 Å².